The maximum atomic E-state index is 12.1. The molecule has 104 valence electrons. The number of pyridine rings is 1. The van der Waals surface area contributed by atoms with Crippen molar-refractivity contribution >= 4 is 39.8 Å². The highest BCUT2D eigenvalue weighted by atomic mass is 35.5. The van der Waals surface area contributed by atoms with Gasteiger partial charge in [0.25, 0.3) is 11.8 Å². The summed E-state index contributed by atoms with van der Waals surface area (Å²) in [5, 5.41) is 3.50. The lowest BCUT2D eigenvalue weighted by molar-refractivity contribution is 0.100. The monoisotopic (exact) mass is 309 g/mol. The number of carbonyl (C=O) groups is 2. The van der Waals surface area contributed by atoms with Gasteiger partial charge in [-0.1, -0.05) is 11.6 Å². The second kappa shape index (κ2) is 5.60. The first kappa shape index (κ1) is 14.5. The fourth-order valence-electron chi connectivity index (χ4n) is 1.71. The molecule has 0 atom stereocenters. The Bertz CT molecular complexity index is 697. The Hall–Kier alpha value is -1.92. The van der Waals surface area contributed by atoms with Gasteiger partial charge in [-0.25, -0.2) is 0 Å². The van der Waals surface area contributed by atoms with Crippen LogP contribution in [0.4, 0.5) is 5.00 Å². The molecule has 7 heteroatoms. The van der Waals surface area contributed by atoms with Crippen LogP contribution in [0, 0.1) is 13.8 Å². The number of amides is 2. The van der Waals surface area contributed by atoms with Crippen molar-refractivity contribution in [1.82, 2.24) is 4.98 Å². The van der Waals surface area contributed by atoms with Gasteiger partial charge in [-0.3, -0.25) is 14.6 Å². The van der Waals surface area contributed by atoms with Crippen molar-refractivity contribution in [2.75, 3.05) is 5.32 Å². The number of rotatable bonds is 3. The summed E-state index contributed by atoms with van der Waals surface area (Å²) in [5.74, 6) is -1.00. The summed E-state index contributed by atoms with van der Waals surface area (Å²) in [5.41, 5.74) is 6.64. The summed E-state index contributed by atoms with van der Waals surface area (Å²) in [4.78, 5) is 28.4. The molecular formula is C13H12ClN3O2S. The van der Waals surface area contributed by atoms with Gasteiger partial charge >= 0.3 is 0 Å². The lowest BCUT2D eigenvalue weighted by Crippen LogP contribution is -2.18. The van der Waals surface area contributed by atoms with E-state index in [1.165, 1.54) is 23.6 Å². The number of nitrogens with two attached hydrogens (primary N) is 1. The van der Waals surface area contributed by atoms with E-state index in [2.05, 4.69) is 10.3 Å². The first-order valence-corrected chi connectivity index (χ1v) is 6.92. The second-order valence-electron chi connectivity index (χ2n) is 4.17. The molecule has 0 aliphatic rings. The number of carbonyl (C=O) groups excluding carboxylic acids is 2. The molecule has 2 amide bonds. The maximum absolute atomic E-state index is 12.1. The average Bonchev–Trinajstić information content (AvgIpc) is 2.64. The third-order valence-electron chi connectivity index (χ3n) is 2.81. The van der Waals surface area contributed by atoms with Crippen LogP contribution in [0.5, 0.6) is 0 Å². The fourth-order valence-corrected chi connectivity index (χ4v) is 2.93. The zero-order valence-electron chi connectivity index (χ0n) is 10.9. The van der Waals surface area contributed by atoms with Gasteiger partial charge in [-0.15, -0.1) is 11.3 Å². The lowest BCUT2D eigenvalue weighted by Gasteiger charge is -2.04. The summed E-state index contributed by atoms with van der Waals surface area (Å²) in [6.07, 6.45) is 1.44. The Labute approximate surface area is 124 Å². The zero-order chi connectivity index (χ0) is 14.9. The van der Waals surface area contributed by atoms with Crippen LogP contribution >= 0.6 is 22.9 Å². The van der Waals surface area contributed by atoms with Gasteiger partial charge in [0.15, 0.2) is 0 Å². The molecule has 0 radical (unpaired) electrons. The van der Waals surface area contributed by atoms with Crippen LogP contribution < -0.4 is 11.1 Å². The smallest absolute Gasteiger partial charge is 0.274 e. The van der Waals surface area contributed by atoms with Gasteiger partial charge in [-0.05, 0) is 31.5 Å². The van der Waals surface area contributed by atoms with Gasteiger partial charge in [-0.2, -0.15) is 0 Å². The van der Waals surface area contributed by atoms with Crippen LogP contribution in [0.3, 0.4) is 0 Å². The van der Waals surface area contributed by atoms with Crippen molar-refractivity contribution in [3.05, 3.63) is 45.1 Å². The first-order chi connectivity index (χ1) is 9.40. The molecule has 2 aromatic rings. The Kier molecular flexibility index (Phi) is 4.06. The topological polar surface area (TPSA) is 85.1 Å². The molecule has 0 aliphatic carbocycles. The Morgan fingerprint density at radius 1 is 1.40 bits per heavy atom. The minimum Gasteiger partial charge on any atom is -0.365 e. The van der Waals surface area contributed by atoms with E-state index >= 15 is 0 Å². The molecule has 0 unspecified atom stereocenters. The Balaban J connectivity index is 2.33. The van der Waals surface area contributed by atoms with Gasteiger partial charge in [0, 0.05) is 16.1 Å². The van der Waals surface area contributed by atoms with E-state index in [0.29, 0.717) is 15.6 Å². The highest BCUT2D eigenvalue weighted by Crippen LogP contribution is 2.32. The average molecular weight is 310 g/mol. The van der Waals surface area contributed by atoms with E-state index in [0.717, 1.165) is 10.4 Å². The predicted molar refractivity (Wildman–Crippen MR) is 79.5 cm³/mol. The summed E-state index contributed by atoms with van der Waals surface area (Å²) in [6, 6.07) is 3.03. The first-order valence-electron chi connectivity index (χ1n) is 5.73. The molecule has 2 heterocycles. The quantitative estimate of drug-likeness (QED) is 0.914. The van der Waals surface area contributed by atoms with Gasteiger partial charge in [0.1, 0.15) is 10.7 Å². The molecule has 0 fully saturated rings. The molecule has 0 aromatic carbocycles. The molecule has 0 bridgehead atoms. The molecule has 5 nitrogen and oxygen atoms in total. The van der Waals surface area contributed by atoms with E-state index in [4.69, 9.17) is 17.3 Å². The standard InChI is InChI=1S/C13H12ClN3O2S/c1-6-7(2)20-13(10(6)11(15)18)17-12(19)9-5-8(14)3-4-16-9/h3-5H,1-2H3,(H2,15,18)(H,17,19). The number of aryl methyl sites for hydroxylation is 1. The van der Waals surface area contributed by atoms with E-state index in [9.17, 15) is 9.59 Å². The van der Waals surface area contributed by atoms with Gasteiger partial charge in [0.05, 0.1) is 5.56 Å². The van der Waals surface area contributed by atoms with Crippen molar-refractivity contribution in [2.45, 2.75) is 13.8 Å². The van der Waals surface area contributed by atoms with Crippen LogP contribution in [-0.4, -0.2) is 16.8 Å². The van der Waals surface area contributed by atoms with Crippen molar-refractivity contribution in [2.24, 2.45) is 5.73 Å². The summed E-state index contributed by atoms with van der Waals surface area (Å²) in [6.45, 7) is 3.65. The number of nitrogens with zero attached hydrogens (tertiary/aromatic N) is 1. The van der Waals surface area contributed by atoms with Crippen LogP contribution in [-0.2, 0) is 0 Å². The normalized spacial score (nSPS) is 10.3. The molecule has 0 saturated carbocycles. The number of hydrogen-bond donors (Lipinski definition) is 2. The SMILES string of the molecule is Cc1sc(NC(=O)c2cc(Cl)ccn2)c(C(N)=O)c1C. The number of nitrogens with one attached hydrogen (secondary N) is 1. The van der Waals surface area contributed by atoms with Crippen molar-refractivity contribution < 1.29 is 9.59 Å². The number of anilines is 1. The van der Waals surface area contributed by atoms with Crippen molar-refractivity contribution in [1.29, 1.82) is 0 Å². The summed E-state index contributed by atoms with van der Waals surface area (Å²) in [7, 11) is 0. The number of thiophene rings is 1. The van der Waals surface area contributed by atoms with Crippen LogP contribution in [0.25, 0.3) is 0 Å². The zero-order valence-corrected chi connectivity index (χ0v) is 12.4. The maximum Gasteiger partial charge on any atom is 0.274 e. The van der Waals surface area contributed by atoms with Crippen LogP contribution in [0.2, 0.25) is 5.02 Å². The highest BCUT2D eigenvalue weighted by Gasteiger charge is 2.19. The Morgan fingerprint density at radius 3 is 2.70 bits per heavy atom. The van der Waals surface area contributed by atoms with Gasteiger partial charge < -0.3 is 11.1 Å². The predicted octanol–water partition coefficient (Wildman–Crippen LogP) is 2.76. The molecule has 20 heavy (non-hydrogen) atoms. The minimum atomic E-state index is -0.568. The molecular weight excluding hydrogens is 298 g/mol. The fraction of sp³-hybridized carbons (Fsp3) is 0.154. The van der Waals surface area contributed by atoms with E-state index in [1.807, 2.05) is 6.92 Å². The summed E-state index contributed by atoms with van der Waals surface area (Å²) < 4.78 is 0. The highest BCUT2D eigenvalue weighted by molar-refractivity contribution is 7.16. The van der Waals surface area contributed by atoms with E-state index < -0.39 is 11.8 Å². The summed E-state index contributed by atoms with van der Waals surface area (Å²) >= 11 is 7.11. The largest absolute Gasteiger partial charge is 0.365 e. The van der Waals surface area contributed by atoms with Crippen LogP contribution in [0.1, 0.15) is 31.3 Å². The third-order valence-corrected chi connectivity index (χ3v) is 4.17. The van der Waals surface area contributed by atoms with Crippen molar-refractivity contribution in [3.63, 3.8) is 0 Å². The minimum absolute atomic E-state index is 0.177. The molecule has 3 N–H and O–H groups in total. The lowest BCUT2D eigenvalue weighted by atomic mass is 10.1. The molecule has 2 rings (SSSR count). The molecule has 0 spiro atoms. The van der Waals surface area contributed by atoms with Gasteiger partial charge in [0.2, 0.25) is 0 Å². The number of hydrogen-bond acceptors (Lipinski definition) is 4. The van der Waals surface area contributed by atoms with Crippen molar-refractivity contribution in [3.8, 4) is 0 Å². The second-order valence-corrected chi connectivity index (χ2v) is 5.83. The third kappa shape index (κ3) is 2.81. The Morgan fingerprint density at radius 2 is 2.10 bits per heavy atom. The number of aromatic nitrogens is 1. The van der Waals surface area contributed by atoms with E-state index in [-0.39, 0.29) is 5.69 Å². The van der Waals surface area contributed by atoms with E-state index in [1.54, 1.807) is 13.0 Å². The van der Waals surface area contributed by atoms with Crippen LogP contribution in [0.15, 0.2) is 18.3 Å². The molecule has 0 saturated heterocycles. The number of halogens is 1. The molecule has 2 aromatic heterocycles. The molecule has 0 aliphatic heterocycles. The number of primary amides is 1.